The van der Waals surface area contributed by atoms with Crippen molar-refractivity contribution in [2.24, 2.45) is 0 Å². The van der Waals surface area contributed by atoms with Crippen molar-refractivity contribution in [3.63, 3.8) is 0 Å². The van der Waals surface area contributed by atoms with E-state index >= 15 is 0 Å². The molecule has 6 rings (SSSR count). The second kappa shape index (κ2) is 13.2. The third-order valence-corrected chi connectivity index (χ3v) is 9.13. The van der Waals surface area contributed by atoms with Gasteiger partial charge in [0, 0.05) is 61.7 Å². The van der Waals surface area contributed by atoms with Crippen molar-refractivity contribution in [2.75, 3.05) is 73.4 Å². The summed E-state index contributed by atoms with van der Waals surface area (Å²) >= 11 is 1.92. The molecule has 3 aliphatic rings. The highest BCUT2D eigenvalue weighted by atomic mass is 32.2. The second-order valence-electron chi connectivity index (χ2n) is 11.1. The number of carbonyl (C=O) groups excluding carboxylic acids is 2. The third-order valence-electron chi connectivity index (χ3n) is 8.18. The predicted molar refractivity (Wildman–Crippen MR) is 167 cm³/mol. The van der Waals surface area contributed by atoms with E-state index in [2.05, 4.69) is 31.0 Å². The summed E-state index contributed by atoms with van der Waals surface area (Å²) < 4.78 is 6.07. The molecule has 0 saturated carbocycles. The van der Waals surface area contributed by atoms with E-state index in [1.165, 1.54) is 0 Å². The molecule has 1 aromatic carbocycles. The van der Waals surface area contributed by atoms with Crippen molar-refractivity contribution in [2.45, 2.75) is 38.0 Å². The van der Waals surface area contributed by atoms with Crippen LogP contribution in [0.3, 0.4) is 0 Å². The molecule has 42 heavy (non-hydrogen) atoms. The van der Waals surface area contributed by atoms with Crippen LogP contribution in [0.1, 0.15) is 25.7 Å². The predicted octanol–water partition coefficient (Wildman–Crippen LogP) is 3.44. The van der Waals surface area contributed by atoms with Gasteiger partial charge in [-0.15, -0.1) is 0 Å². The van der Waals surface area contributed by atoms with E-state index in [0.29, 0.717) is 36.8 Å². The van der Waals surface area contributed by atoms with Gasteiger partial charge in [-0.25, -0.2) is 9.78 Å². The minimum Gasteiger partial charge on any atom is -0.425 e. The van der Waals surface area contributed by atoms with Gasteiger partial charge >= 0.3 is 6.09 Å². The van der Waals surface area contributed by atoms with Crippen LogP contribution in [-0.4, -0.2) is 107 Å². The van der Waals surface area contributed by atoms with Crippen molar-refractivity contribution >= 4 is 57.7 Å². The molecule has 0 bridgehead atoms. The quantitative estimate of drug-likeness (QED) is 0.308. The zero-order valence-corrected chi connectivity index (χ0v) is 24.8. The summed E-state index contributed by atoms with van der Waals surface area (Å²) in [6.07, 6.45) is 4.35. The summed E-state index contributed by atoms with van der Waals surface area (Å²) in [4.78, 5) is 37.2. The molecule has 0 unspecified atom stereocenters. The number of piperidine rings is 1. The van der Waals surface area contributed by atoms with E-state index in [0.717, 1.165) is 73.5 Å². The number of ether oxygens (including phenoxy) is 1. The van der Waals surface area contributed by atoms with E-state index in [1.807, 2.05) is 54.0 Å². The van der Waals surface area contributed by atoms with E-state index in [1.54, 1.807) is 11.1 Å². The van der Waals surface area contributed by atoms with Crippen LogP contribution < -0.4 is 20.9 Å². The van der Waals surface area contributed by atoms with E-state index in [9.17, 15) is 9.59 Å². The van der Waals surface area contributed by atoms with Gasteiger partial charge in [0.25, 0.3) is 0 Å². The lowest BCUT2D eigenvalue weighted by Gasteiger charge is -2.33. The number of thioether (sulfide) groups is 1. The zero-order chi connectivity index (χ0) is 28.9. The highest BCUT2D eigenvalue weighted by Gasteiger charge is 2.33. The molecule has 0 radical (unpaired) electrons. The minimum absolute atomic E-state index is 0.0746. The standard InChI is InChI=1S/C29H39N9O3S/c1-36(22-8-10-30-11-9-22)29(40)41-27-3-2-12-38(27)28-24(33-26(39)19-37-13-15-42-16-14-37)6-7-25(34-28)32-21-4-5-23-20(17-21)18-31-35-23/h4-7,17-18,22,27,30H,2-3,8-16,19H2,1H3,(H,31,35)(H,32,34)(H,33,39)/t27-/m0/s1. The van der Waals surface area contributed by atoms with E-state index < -0.39 is 6.23 Å². The number of aromatic amines is 1. The van der Waals surface area contributed by atoms with Gasteiger partial charge in [0.05, 0.1) is 23.9 Å². The third kappa shape index (κ3) is 6.74. The zero-order valence-electron chi connectivity index (χ0n) is 24.0. The van der Waals surface area contributed by atoms with Crippen LogP contribution in [0.4, 0.5) is 27.8 Å². The molecule has 0 spiro atoms. The Morgan fingerprint density at radius 1 is 1.12 bits per heavy atom. The number of rotatable bonds is 8. The first-order valence-electron chi connectivity index (χ1n) is 14.8. The number of aromatic nitrogens is 3. The highest BCUT2D eigenvalue weighted by molar-refractivity contribution is 7.99. The number of H-pyrrole nitrogens is 1. The van der Waals surface area contributed by atoms with Crippen LogP contribution in [0.25, 0.3) is 10.9 Å². The summed E-state index contributed by atoms with van der Waals surface area (Å²) in [6, 6.07) is 9.83. The lowest BCUT2D eigenvalue weighted by atomic mass is 10.1. The minimum atomic E-state index is -0.471. The molecule has 5 heterocycles. The molecule has 1 atom stereocenters. The van der Waals surface area contributed by atoms with Gasteiger partial charge in [0.2, 0.25) is 5.91 Å². The second-order valence-corrected chi connectivity index (χ2v) is 12.3. The SMILES string of the molecule is CN(C(=O)O[C@H]1CCCN1c1nc(Nc2ccc3[nH]ncc3c2)ccc1NC(=O)CN1CCSCC1)C1CCNCC1. The molecular formula is C29H39N9O3S. The molecule has 3 aromatic rings. The van der Waals surface area contributed by atoms with Crippen LogP contribution in [0.2, 0.25) is 0 Å². The summed E-state index contributed by atoms with van der Waals surface area (Å²) in [7, 11) is 1.82. The molecule has 12 nitrogen and oxygen atoms in total. The molecule has 4 N–H and O–H groups in total. The molecule has 0 aliphatic carbocycles. The molecule has 3 aliphatic heterocycles. The normalized spacial score (nSPS) is 20.0. The van der Waals surface area contributed by atoms with Gasteiger partial charge in [-0.3, -0.25) is 14.8 Å². The molecule has 2 aromatic heterocycles. The number of anilines is 4. The summed E-state index contributed by atoms with van der Waals surface area (Å²) in [5.74, 6) is 3.22. The maximum absolute atomic E-state index is 13.2. The van der Waals surface area contributed by atoms with Gasteiger partial charge in [-0.2, -0.15) is 16.9 Å². The van der Waals surface area contributed by atoms with Crippen molar-refractivity contribution in [1.82, 2.24) is 30.3 Å². The van der Waals surface area contributed by atoms with Gasteiger partial charge in [0.1, 0.15) is 5.82 Å². The molecule has 13 heteroatoms. The van der Waals surface area contributed by atoms with Crippen LogP contribution in [0.5, 0.6) is 0 Å². The Morgan fingerprint density at radius 2 is 1.95 bits per heavy atom. The van der Waals surface area contributed by atoms with Crippen molar-refractivity contribution in [3.05, 3.63) is 36.5 Å². The van der Waals surface area contributed by atoms with Crippen molar-refractivity contribution in [3.8, 4) is 0 Å². The van der Waals surface area contributed by atoms with Crippen LogP contribution in [0, 0.1) is 0 Å². The van der Waals surface area contributed by atoms with E-state index in [4.69, 9.17) is 9.72 Å². The number of nitrogens with one attached hydrogen (secondary N) is 4. The molecule has 224 valence electrons. The van der Waals surface area contributed by atoms with Gasteiger partial charge < -0.3 is 30.5 Å². The summed E-state index contributed by atoms with van der Waals surface area (Å²) in [5, 5.41) is 17.9. The number of hydrogen-bond acceptors (Lipinski definition) is 10. The maximum atomic E-state index is 13.2. The maximum Gasteiger partial charge on any atom is 0.411 e. The first kappa shape index (κ1) is 28.6. The largest absolute Gasteiger partial charge is 0.425 e. The Hall–Kier alpha value is -3.55. The van der Waals surface area contributed by atoms with Crippen LogP contribution in [0.15, 0.2) is 36.5 Å². The van der Waals surface area contributed by atoms with Crippen molar-refractivity contribution < 1.29 is 14.3 Å². The van der Waals surface area contributed by atoms with Gasteiger partial charge in [-0.1, -0.05) is 0 Å². The van der Waals surface area contributed by atoms with Crippen LogP contribution >= 0.6 is 11.8 Å². The average Bonchev–Trinajstić information content (AvgIpc) is 3.68. The molecule has 3 fully saturated rings. The Bertz CT molecular complexity index is 1390. The first-order valence-corrected chi connectivity index (χ1v) is 15.9. The smallest absolute Gasteiger partial charge is 0.411 e. The van der Waals surface area contributed by atoms with E-state index in [-0.39, 0.29) is 18.0 Å². The fraction of sp³-hybridized carbons (Fsp3) is 0.517. The number of nitrogens with zero attached hydrogens (tertiary/aromatic N) is 5. The van der Waals surface area contributed by atoms with Gasteiger partial charge in [0.15, 0.2) is 12.0 Å². The monoisotopic (exact) mass is 593 g/mol. The lowest BCUT2D eigenvalue weighted by Crippen LogP contribution is -2.46. The Morgan fingerprint density at radius 3 is 2.79 bits per heavy atom. The fourth-order valence-electron chi connectivity index (χ4n) is 5.80. The fourth-order valence-corrected chi connectivity index (χ4v) is 6.78. The highest BCUT2D eigenvalue weighted by Crippen LogP contribution is 2.34. The lowest BCUT2D eigenvalue weighted by molar-refractivity contribution is -0.117. The number of pyridine rings is 1. The molecular weight excluding hydrogens is 554 g/mol. The first-order chi connectivity index (χ1) is 20.5. The molecule has 3 saturated heterocycles. The summed E-state index contributed by atoms with van der Waals surface area (Å²) in [6.45, 7) is 4.61. The number of amides is 2. The molecule has 2 amide bonds. The number of hydrogen-bond donors (Lipinski definition) is 4. The van der Waals surface area contributed by atoms with Gasteiger partial charge in [-0.05, 0) is 62.7 Å². The van der Waals surface area contributed by atoms with Crippen molar-refractivity contribution in [1.29, 1.82) is 0 Å². The summed E-state index contributed by atoms with van der Waals surface area (Å²) in [5.41, 5.74) is 2.43. The average molecular weight is 594 g/mol. The number of benzene rings is 1. The Labute approximate surface area is 249 Å². The number of fused-ring (bicyclic) bond motifs is 1. The Kier molecular flexibility index (Phi) is 8.96. The number of carbonyl (C=O) groups is 2. The topological polar surface area (TPSA) is 131 Å². The van der Waals surface area contributed by atoms with Crippen LogP contribution in [-0.2, 0) is 9.53 Å². The Balaban J connectivity index is 1.22.